The van der Waals surface area contributed by atoms with E-state index in [2.05, 4.69) is 16.5 Å². The first-order chi connectivity index (χ1) is 16.9. The number of aliphatic hydroxyl groups is 1. The van der Waals surface area contributed by atoms with Crippen molar-refractivity contribution in [2.24, 2.45) is 0 Å². The molecule has 1 atom stereocenters. The zero-order chi connectivity index (χ0) is 25.1. The molecule has 4 rings (SSSR count). The van der Waals surface area contributed by atoms with Crippen LogP contribution in [0.5, 0.6) is 5.75 Å². The Morgan fingerprint density at radius 1 is 1.20 bits per heavy atom. The molecule has 1 saturated heterocycles. The minimum atomic E-state index is -0.993. The number of methoxy groups -OCH3 is 1. The van der Waals surface area contributed by atoms with Crippen LogP contribution in [-0.2, 0) is 14.3 Å². The average molecular weight is 492 g/mol. The zero-order valence-corrected chi connectivity index (χ0v) is 19.7. The van der Waals surface area contributed by atoms with Crippen molar-refractivity contribution < 1.29 is 29.0 Å². The van der Waals surface area contributed by atoms with Gasteiger partial charge in [0.25, 0.3) is 5.78 Å². The van der Waals surface area contributed by atoms with E-state index in [9.17, 15) is 19.5 Å². The maximum absolute atomic E-state index is 13.2. The number of amides is 1. The highest BCUT2D eigenvalue weighted by Crippen LogP contribution is 2.44. The van der Waals surface area contributed by atoms with Gasteiger partial charge in [-0.2, -0.15) is 0 Å². The standard InChI is InChI=1S/C25H21N3O6S/c1-4-13-34-17-7-5-15(6-8-17)19-18(20(29)16-9-11-26-12-10-16)21(30)23(31)28(19)25-27-14(2)22(35-25)24(32)33-3/h4-12,19,29H,1,13H2,2-3H3/b20-18+. The highest BCUT2D eigenvalue weighted by molar-refractivity contribution is 7.17. The molecule has 35 heavy (non-hydrogen) atoms. The fourth-order valence-corrected chi connectivity index (χ4v) is 4.69. The van der Waals surface area contributed by atoms with Crippen molar-refractivity contribution in [1.82, 2.24) is 9.97 Å². The van der Waals surface area contributed by atoms with Crippen molar-refractivity contribution in [2.45, 2.75) is 13.0 Å². The molecule has 0 bridgehead atoms. The Balaban J connectivity index is 1.88. The first-order valence-corrected chi connectivity index (χ1v) is 11.3. The lowest BCUT2D eigenvalue weighted by Gasteiger charge is -2.23. The van der Waals surface area contributed by atoms with Crippen LogP contribution in [0.1, 0.15) is 32.5 Å². The number of nitrogens with zero attached hydrogens (tertiary/aromatic N) is 3. The molecule has 9 nitrogen and oxygen atoms in total. The van der Waals surface area contributed by atoms with Gasteiger partial charge in [0.2, 0.25) is 0 Å². The predicted molar refractivity (Wildman–Crippen MR) is 129 cm³/mol. The molecule has 0 aliphatic carbocycles. The van der Waals surface area contributed by atoms with Crippen LogP contribution < -0.4 is 9.64 Å². The summed E-state index contributed by atoms with van der Waals surface area (Å²) < 4.78 is 10.3. The lowest BCUT2D eigenvalue weighted by molar-refractivity contribution is -0.132. The van der Waals surface area contributed by atoms with Gasteiger partial charge in [0, 0.05) is 18.0 Å². The molecule has 1 aromatic carbocycles. The van der Waals surface area contributed by atoms with Gasteiger partial charge in [-0.25, -0.2) is 9.78 Å². The molecule has 10 heteroatoms. The highest BCUT2D eigenvalue weighted by Gasteiger charge is 2.48. The molecular formula is C25H21N3O6S. The molecule has 2 aromatic heterocycles. The number of hydrogen-bond acceptors (Lipinski definition) is 9. The number of Topliss-reactive ketones (excluding diaryl/α,β-unsaturated/α-hetero) is 1. The average Bonchev–Trinajstić information content (AvgIpc) is 3.39. The van der Waals surface area contributed by atoms with E-state index in [1.54, 1.807) is 37.3 Å². The van der Waals surface area contributed by atoms with Gasteiger partial charge in [-0.3, -0.25) is 19.5 Å². The fourth-order valence-electron chi connectivity index (χ4n) is 3.68. The lowest BCUT2D eigenvalue weighted by Crippen LogP contribution is -2.29. The Morgan fingerprint density at radius 3 is 2.51 bits per heavy atom. The van der Waals surface area contributed by atoms with Crippen LogP contribution in [0.15, 0.2) is 67.0 Å². The largest absolute Gasteiger partial charge is 0.507 e. The number of esters is 1. The number of pyridine rings is 1. The van der Waals surface area contributed by atoms with Crippen LogP contribution in [0.3, 0.4) is 0 Å². The molecular weight excluding hydrogens is 470 g/mol. The maximum atomic E-state index is 13.2. The van der Waals surface area contributed by atoms with E-state index in [0.29, 0.717) is 29.2 Å². The summed E-state index contributed by atoms with van der Waals surface area (Å²) in [7, 11) is 1.25. The van der Waals surface area contributed by atoms with Crippen molar-refractivity contribution in [3.8, 4) is 5.75 Å². The smallest absolute Gasteiger partial charge is 0.350 e. The van der Waals surface area contributed by atoms with E-state index in [1.165, 1.54) is 36.5 Å². The SMILES string of the molecule is C=CCOc1ccc(C2/C(=C(\O)c3ccncc3)C(=O)C(=O)N2c2nc(C)c(C(=O)OC)s2)cc1. The summed E-state index contributed by atoms with van der Waals surface area (Å²) in [5.74, 6) is -2.11. The van der Waals surface area contributed by atoms with Crippen molar-refractivity contribution in [3.05, 3.63) is 88.7 Å². The third kappa shape index (κ3) is 4.43. The number of anilines is 1. The van der Waals surface area contributed by atoms with Crippen LogP contribution >= 0.6 is 11.3 Å². The molecule has 1 amide bonds. The van der Waals surface area contributed by atoms with Crippen molar-refractivity contribution >= 4 is 39.9 Å². The predicted octanol–water partition coefficient (Wildman–Crippen LogP) is 3.82. The second kappa shape index (κ2) is 9.90. The summed E-state index contributed by atoms with van der Waals surface area (Å²) in [6.07, 6.45) is 4.55. The maximum Gasteiger partial charge on any atom is 0.350 e. The summed E-state index contributed by atoms with van der Waals surface area (Å²) in [5, 5.41) is 11.2. The van der Waals surface area contributed by atoms with Crippen LogP contribution in [0, 0.1) is 6.92 Å². The van der Waals surface area contributed by atoms with Gasteiger partial charge in [-0.05, 0) is 36.8 Å². The number of hydrogen-bond donors (Lipinski definition) is 1. The Morgan fingerprint density at radius 2 is 1.89 bits per heavy atom. The number of ketones is 1. The van der Waals surface area contributed by atoms with Gasteiger partial charge >= 0.3 is 11.9 Å². The number of benzene rings is 1. The molecule has 1 aliphatic heterocycles. The van der Waals surface area contributed by atoms with Crippen LogP contribution in [0.25, 0.3) is 5.76 Å². The van der Waals surface area contributed by atoms with Gasteiger partial charge in [-0.15, -0.1) is 0 Å². The Labute approximate surface area is 205 Å². The first-order valence-electron chi connectivity index (χ1n) is 10.5. The summed E-state index contributed by atoms with van der Waals surface area (Å²) in [4.78, 5) is 48.3. The molecule has 1 aliphatic rings. The van der Waals surface area contributed by atoms with Crippen LogP contribution in [-0.4, -0.2) is 46.5 Å². The molecule has 0 saturated carbocycles. The highest BCUT2D eigenvalue weighted by atomic mass is 32.1. The van der Waals surface area contributed by atoms with Gasteiger partial charge in [0.15, 0.2) is 5.13 Å². The Kier molecular flexibility index (Phi) is 6.74. The lowest BCUT2D eigenvalue weighted by atomic mass is 9.95. The molecule has 3 aromatic rings. The van der Waals surface area contributed by atoms with Gasteiger partial charge in [-0.1, -0.05) is 36.1 Å². The third-order valence-electron chi connectivity index (χ3n) is 5.32. The number of ether oxygens (including phenoxy) is 2. The topological polar surface area (TPSA) is 119 Å². The number of aromatic nitrogens is 2. The first kappa shape index (κ1) is 23.8. The monoisotopic (exact) mass is 491 g/mol. The number of rotatable bonds is 7. The van der Waals surface area contributed by atoms with Gasteiger partial charge in [0.1, 0.15) is 23.0 Å². The van der Waals surface area contributed by atoms with E-state index in [0.717, 1.165) is 11.3 Å². The molecule has 0 radical (unpaired) electrons. The fraction of sp³-hybridized carbons (Fsp3) is 0.160. The number of thiazole rings is 1. The van der Waals surface area contributed by atoms with Gasteiger partial charge < -0.3 is 14.6 Å². The molecule has 0 spiro atoms. The summed E-state index contributed by atoms with van der Waals surface area (Å²) in [6, 6.07) is 8.86. The minimum absolute atomic E-state index is 0.103. The Hall–Kier alpha value is -4.31. The van der Waals surface area contributed by atoms with Crippen molar-refractivity contribution in [1.29, 1.82) is 0 Å². The number of carbonyl (C=O) groups excluding carboxylic acids is 3. The van der Waals surface area contributed by atoms with E-state index in [-0.39, 0.29) is 21.3 Å². The van der Waals surface area contributed by atoms with Crippen molar-refractivity contribution in [3.63, 3.8) is 0 Å². The molecule has 178 valence electrons. The second-order valence-corrected chi connectivity index (χ2v) is 8.45. The summed E-state index contributed by atoms with van der Waals surface area (Å²) in [6.45, 7) is 5.54. The number of aliphatic hydroxyl groups excluding tert-OH is 1. The normalized spacial score (nSPS) is 16.9. The quantitative estimate of drug-likeness (QED) is 0.174. The van der Waals surface area contributed by atoms with E-state index < -0.39 is 23.7 Å². The van der Waals surface area contributed by atoms with E-state index in [4.69, 9.17) is 9.47 Å². The summed E-state index contributed by atoms with van der Waals surface area (Å²) in [5.41, 5.74) is 1.13. The van der Waals surface area contributed by atoms with Gasteiger partial charge in [0.05, 0.1) is 24.4 Å². The second-order valence-electron chi connectivity index (χ2n) is 7.48. The summed E-state index contributed by atoms with van der Waals surface area (Å²) >= 11 is 0.935. The molecule has 1 N–H and O–H groups in total. The third-order valence-corrected chi connectivity index (χ3v) is 6.46. The van der Waals surface area contributed by atoms with E-state index in [1.807, 2.05) is 0 Å². The number of aryl methyl sites for hydroxylation is 1. The van der Waals surface area contributed by atoms with Crippen LogP contribution in [0.2, 0.25) is 0 Å². The van der Waals surface area contributed by atoms with Crippen molar-refractivity contribution in [2.75, 3.05) is 18.6 Å². The Bertz CT molecular complexity index is 1330. The van der Waals surface area contributed by atoms with E-state index >= 15 is 0 Å². The molecule has 3 heterocycles. The van der Waals surface area contributed by atoms with Crippen LogP contribution in [0.4, 0.5) is 5.13 Å². The zero-order valence-electron chi connectivity index (χ0n) is 18.9. The number of carbonyl (C=O) groups is 3. The molecule has 1 unspecified atom stereocenters. The molecule has 1 fully saturated rings. The minimum Gasteiger partial charge on any atom is -0.507 e.